The van der Waals surface area contributed by atoms with Crippen molar-refractivity contribution in [3.8, 4) is 5.75 Å². The molecule has 1 aromatic carbocycles. The number of carbonyl (C=O) groups is 2. The predicted molar refractivity (Wildman–Crippen MR) is 86.1 cm³/mol. The zero-order valence-electron chi connectivity index (χ0n) is 14.0. The molecule has 2 unspecified atom stereocenters. The van der Waals surface area contributed by atoms with Gasteiger partial charge in [-0.2, -0.15) is 0 Å². The van der Waals surface area contributed by atoms with Gasteiger partial charge in [0, 0.05) is 13.0 Å². The number of amides is 1. The van der Waals surface area contributed by atoms with Crippen molar-refractivity contribution < 1.29 is 29.3 Å². The first kappa shape index (κ1) is 18.2. The largest absolute Gasteiger partial charge is 0.492 e. The zero-order chi connectivity index (χ0) is 17.9. The summed E-state index contributed by atoms with van der Waals surface area (Å²) < 4.78 is 10.5. The van der Waals surface area contributed by atoms with Gasteiger partial charge >= 0.3 is 6.09 Å². The van der Waals surface area contributed by atoms with Crippen molar-refractivity contribution in [2.24, 2.45) is 0 Å². The van der Waals surface area contributed by atoms with Gasteiger partial charge < -0.3 is 25.0 Å². The molecule has 1 aliphatic heterocycles. The monoisotopic (exact) mass is 337 g/mol. The quantitative estimate of drug-likeness (QED) is 0.770. The maximum Gasteiger partial charge on any atom is 0.407 e. The zero-order valence-corrected chi connectivity index (χ0v) is 14.0. The average molecular weight is 337 g/mol. The summed E-state index contributed by atoms with van der Waals surface area (Å²) in [4.78, 5) is 23.3. The van der Waals surface area contributed by atoms with Crippen LogP contribution in [0.3, 0.4) is 0 Å². The van der Waals surface area contributed by atoms with Crippen LogP contribution in [0.1, 0.15) is 49.2 Å². The Hall–Kier alpha value is -2.12. The van der Waals surface area contributed by atoms with E-state index < -0.39 is 23.9 Å². The molecule has 1 amide bonds. The van der Waals surface area contributed by atoms with Crippen LogP contribution in [0, 0.1) is 0 Å². The molecule has 7 heteroatoms. The Morgan fingerprint density at radius 3 is 2.75 bits per heavy atom. The smallest absolute Gasteiger partial charge is 0.407 e. The number of rotatable bonds is 4. The number of fused-ring (bicyclic) bond motifs is 1. The number of aliphatic hydroxyl groups excluding tert-OH is 2. The lowest BCUT2D eigenvalue weighted by atomic mass is 9.98. The second kappa shape index (κ2) is 7.19. The van der Waals surface area contributed by atoms with Gasteiger partial charge in [0.1, 0.15) is 23.6 Å². The van der Waals surface area contributed by atoms with Crippen molar-refractivity contribution in [2.75, 3.05) is 13.2 Å². The SMILES string of the molecule is CC(C)(C)OC(=O)NCC(O)C(O)c1ccc2c(c1)OCCC2=O. The molecule has 0 saturated heterocycles. The maximum atomic E-state index is 11.7. The molecule has 1 aliphatic rings. The van der Waals surface area contributed by atoms with Gasteiger partial charge in [-0.25, -0.2) is 4.79 Å². The Kier molecular flexibility index (Phi) is 5.46. The van der Waals surface area contributed by atoms with Crippen molar-refractivity contribution in [3.05, 3.63) is 29.3 Å². The Morgan fingerprint density at radius 2 is 2.08 bits per heavy atom. The van der Waals surface area contributed by atoms with Crippen LogP contribution in [-0.2, 0) is 4.74 Å². The number of nitrogens with one attached hydrogen (secondary N) is 1. The molecule has 0 aliphatic carbocycles. The number of Topliss-reactive ketones (excluding diaryl/α,β-unsaturated/α-hetero) is 1. The number of aliphatic hydroxyl groups is 2. The number of carbonyl (C=O) groups excluding carboxylic acids is 2. The standard InChI is InChI=1S/C17H23NO6/c1-17(2,3)24-16(22)18-9-13(20)15(21)10-4-5-11-12(19)6-7-23-14(11)8-10/h4-5,8,13,15,20-21H,6-7,9H2,1-3H3,(H,18,22). The number of hydrogen-bond donors (Lipinski definition) is 3. The molecular weight excluding hydrogens is 314 g/mol. The predicted octanol–water partition coefficient (Wildman–Crippen LogP) is 1.57. The third kappa shape index (κ3) is 4.69. The summed E-state index contributed by atoms with van der Waals surface area (Å²) in [6.45, 7) is 5.31. The molecule has 2 atom stereocenters. The Balaban J connectivity index is 1.97. The first-order chi connectivity index (χ1) is 11.2. The fraction of sp³-hybridized carbons (Fsp3) is 0.529. The van der Waals surface area contributed by atoms with Crippen LogP contribution in [0.25, 0.3) is 0 Å². The molecule has 0 spiro atoms. The number of benzene rings is 1. The van der Waals surface area contributed by atoms with E-state index in [2.05, 4.69) is 5.32 Å². The second-order valence-electron chi connectivity index (χ2n) is 6.67. The average Bonchev–Trinajstić information content (AvgIpc) is 2.50. The van der Waals surface area contributed by atoms with Gasteiger partial charge in [-0.15, -0.1) is 0 Å². The van der Waals surface area contributed by atoms with Crippen LogP contribution in [-0.4, -0.2) is 46.9 Å². The van der Waals surface area contributed by atoms with Crippen molar-refractivity contribution >= 4 is 11.9 Å². The molecule has 0 fully saturated rings. The summed E-state index contributed by atoms with van der Waals surface area (Å²) in [6.07, 6.45) is -2.80. The normalized spacial score (nSPS) is 16.6. The van der Waals surface area contributed by atoms with Crippen molar-refractivity contribution in [2.45, 2.75) is 45.0 Å². The topological polar surface area (TPSA) is 105 Å². The highest BCUT2D eigenvalue weighted by Gasteiger charge is 2.24. The van der Waals surface area contributed by atoms with E-state index >= 15 is 0 Å². The Morgan fingerprint density at radius 1 is 1.38 bits per heavy atom. The van der Waals surface area contributed by atoms with Gasteiger partial charge in [0.2, 0.25) is 0 Å². The lowest BCUT2D eigenvalue weighted by Crippen LogP contribution is -2.38. The minimum absolute atomic E-state index is 0.00979. The third-order valence-corrected chi connectivity index (χ3v) is 3.45. The van der Waals surface area contributed by atoms with E-state index in [1.807, 2.05) is 0 Å². The minimum Gasteiger partial charge on any atom is -0.492 e. The molecule has 1 heterocycles. The molecular formula is C17H23NO6. The highest BCUT2D eigenvalue weighted by Crippen LogP contribution is 2.29. The van der Waals surface area contributed by atoms with Gasteiger partial charge in [0.25, 0.3) is 0 Å². The van der Waals surface area contributed by atoms with Crippen LogP contribution in [0.5, 0.6) is 5.75 Å². The van der Waals surface area contributed by atoms with Gasteiger partial charge in [0.05, 0.1) is 12.2 Å². The fourth-order valence-electron chi connectivity index (χ4n) is 2.30. The van der Waals surface area contributed by atoms with E-state index in [0.717, 1.165) is 0 Å². The second-order valence-corrected chi connectivity index (χ2v) is 6.67. The third-order valence-electron chi connectivity index (χ3n) is 3.45. The molecule has 24 heavy (non-hydrogen) atoms. The van der Waals surface area contributed by atoms with Crippen molar-refractivity contribution in [3.63, 3.8) is 0 Å². The van der Waals surface area contributed by atoms with Crippen molar-refractivity contribution in [1.29, 1.82) is 0 Å². The van der Waals surface area contributed by atoms with Crippen molar-refractivity contribution in [1.82, 2.24) is 5.32 Å². The number of ketones is 1. The Labute approximate surface area is 140 Å². The van der Waals surface area contributed by atoms with Gasteiger partial charge in [0.15, 0.2) is 5.78 Å². The molecule has 1 aromatic rings. The molecule has 132 valence electrons. The number of ether oxygens (including phenoxy) is 2. The summed E-state index contributed by atoms with van der Waals surface area (Å²) >= 11 is 0. The van der Waals surface area contributed by atoms with E-state index in [0.29, 0.717) is 29.9 Å². The van der Waals surface area contributed by atoms with Crippen LogP contribution >= 0.6 is 0 Å². The molecule has 3 N–H and O–H groups in total. The molecule has 2 rings (SSSR count). The summed E-state index contributed by atoms with van der Waals surface area (Å²) in [5, 5.41) is 22.7. The van der Waals surface area contributed by atoms with Crippen LogP contribution in [0.15, 0.2) is 18.2 Å². The number of hydrogen-bond acceptors (Lipinski definition) is 6. The molecule has 0 saturated carbocycles. The van der Waals surface area contributed by atoms with Crippen LogP contribution in [0.2, 0.25) is 0 Å². The fourth-order valence-corrected chi connectivity index (χ4v) is 2.30. The summed E-state index contributed by atoms with van der Waals surface area (Å²) in [7, 11) is 0. The molecule has 0 aromatic heterocycles. The van der Waals surface area contributed by atoms with Gasteiger partial charge in [-0.1, -0.05) is 6.07 Å². The highest BCUT2D eigenvalue weighted by atomic mass is 16.6. The first-order valence-electron chi connectivity index (χ1n) is 7.80. The Bertz CT molecular complexity index is 622. The minimum atomic E-state index is -1.23. The van der Waals surface area contributed by atoms with E-state index in [9.17, 15) is 19.8 Å². The summed E-state index contributed by atoms with van der Waals surface area (Å²) in [5.41, 5.74) is 0.233. The number of alkyl carbamates (subject to hydrolysis) is 1. The first-order valence-corrected chi connectivity index (χ1v) is 7.80. The van der Waals surface area contributed by atoms with Gasteiger partial charge in [-0.3, -0.25) is 4.79 Å². The van der Waals surface area contributed by atoms with E-state index in [1.54, 1.807) is 32.9 Å². The van der Waals surface area contributed by atoms with Gasteiger partial charge in [-0.05, 0) is 38.5 Å². The summed E-state index contributed by atoms with van der Waals surface area (Å²) in [5.74, 6) is 0.388. The summed E-state index contributed by atoms with van der Waals surface area (Å²) in [6, 6.07) is 4.67. The van der Waals surface area contributed by atoms with Crippen LogP contribution in [0.4, 0.5) is 4.79 Å². The molecule has 0 bridgehead atoms. The maximum absolute atomic E-state index is 11.7. The van der Waals surface area contributed by atoms with Crippen LogP contribution < -0.4 is 10.1 Å². The molecule has 7 nitrogen and oxygen atoms in total. The van der Waals surface area contributed by atoms with E-state index in [4.69, 9.17) is 9.47 Å². The highest BCUT2D eigenvalue weighted by molar-refractivity contribution is 5.99. The lowest BCUT2D eigenvalue weighted by molar-refractivity contribution is 0.0128. The molecule has 0 radical (unpaired) electrons. The van der Waals surface area contributed by atoms with E-state index in [1.165, 1.54) is 6.07 Å². The lowest BCUT2D eigenvalue weighted by Gasteiger charge is -2.23. The van der Waals surface area contributed by atoms with E-state index in [-0.39, 0.29) is 12.3 Å².